The van der Waals surface area contributed by atoms with Gasteiger partial charge in [-0.15, -0.1) is 0 Å². The first-order valence-electron chi connectivity index (χ1n) is 8.79. The van der Waals surface area contributed by atoms with Gasteiger partial charge in [-0.1, -0.05) is 24.4 Å². The number of likely N-dealkylation sites (tertiary alicyclic amines) is 1. The summed E-state index contributed by atoms with van der Waals surface area (Å²) in [5.74, 6) is -0.239. The molecule has 25 heavy (non-hydrogen) atoms. The Bertz CT molecular complexity index is 756. The summed E-state index contributed by atoms with van der Waals surface area (Å²) in [5.41, 5.74) is 0.928. The number of carbonyl (C=O) groups is 1. The molecule has 2 aliphatic rings. The van der Waals surface area contributed by atoms with Crippen molar-refractivity contribution in [3.05, 3.63) is 16.4 Å². The van der Waals surface area contributed by atoms with Crippen molar-refractivity contribution < 1.29 is 13.2 Å². The van der Waals surface area contributed by atoms with Gasteiger partial charge in [0.25, 0.3) is 5.91 Å². The molecular formula is C16H25ClN4O3S. The van der Waals surface area contributed by atoms with Crippen LogP contribution in [0.3, 0.4) is 0 Å². The standard InChI is InChI=1S/C16H25ClN4O3S/c1-11-14(15(17)20(2)18-11)16(22)21-9-5-8-13(10-21)25(23,24)19-12-6-3-4-7-12/h12-13,19H,3-10H2,1-2H3. The highest BCUT2D eigenvalue weighted by Gasteiger charge is 2.36. The number of amides is 1. The summed E-state index contributed by atoms with van der Waals surface area (Å²) in [4.78, 5) is 14.4. The van der Waals surface area contributed by atoms with Crippen LogP contribution >= 0.6 is 11.6 Å². The van der Waals surface area contributed by atoms with E-state index in [1.165, 1.54) is 4.68 Å². The number of sulfonamides is 1. The third-order valence-electron chi connectivity index (χ3n) is 5.16. The summed E-state index contributed by atoms with van der Waals surface area (Å²) < 4.78 is 29.7. The van der Waals surface area contributed by atoms with E-state index in [1.54, 1.807) is 18.9 Å². The number of hydrogen-bond acceptors (Lipinski definition) is 4. The van der Waals surface area contributed by atoms with E-state index in [0.29, 0.717) is 30.6 Å². The van der Waals surface area contributed by atoms with E-state index >= 15 is 0 Å². The zero-order valence-electron chi connectivity index (χ0n) is 14.7. The van der Waals surface area contributed by atoms with Gasteiger partial charge in [0, 0.05) is 26.2 Å². The highest BCUT2D eigenvalue weighted by atomic mass is 35.5. The number of carbonyl (C=O) groups excluding carboxylic acids is 1. The first-order valence-corrected chi connectivity index (χ1v) is 10.7. The van der Waals surface area contributed by atoms with Gasteiger partial charge in [0.15, 0.2) is 0 Å². The van der Waals surface area contributed by atoms with Gasteiger partial charge >= 0.3 is 0 Å². The van der Waals surface area contributed by atoms with Crippen LogP contribution in [-0.2, 0) is 17.1 Å². The van der Waals surface area contributed by atoms with Crippen molar-refractivity contribution in [3.63, 3.8) is 0 Å². The molecule has 1 aliphatic carbocycles. The molecule has 3 rings (SSSR count). The van der Waals surface area contributed by atoms with Gasteiger partial charge in [-0.05, 0) is 32.6 Å². The second kappa shape index (κ2) is 7.25. The fourth-order valence-corrected chi connectivity index (χ4v) is 5.78. The Morgan fingerprint density at radius 3 is 2.52 bits per heavy atom. The summed E-state index contributed by atoms with van der Waals surface area (Å²) in [6.07, 6.45) is 5.19. The maximum atomic E-state index is 12.8. The highest BCUT2D eigenvalue weighted by Crippen LogP contribution is 2.25. The van der Waals surface area contributed by atoms with E-state index in [2.05, 4.69) is 9.82 Å². The van der Waals surface area contributed by atoms with E-state index in [-0.39, 0.29) is 23.6 Å². The number of aryl methyl sites for hydroxylation is 2. The maximum absolute atomic E-state index is 12.8. The number of halogens is 1. The number of rotatable bonds is 4. The van der Waals surface area contributed by atoms with Crippen LogP contribution in [0.1, 0.15) is 54.6 Å². The SMILES string of the molecule is Cc1nn(C)c(Cl)c1C(=O)N1CCCC(S(=O)(=O)NC2CCCC2)C1. The first kappa shape index (κ1) is 18.7. The van der Waals surface area contributed by atoms with Gasteiger partial charge in [0.05, 0.1) is 16.5 Å². The van der Waals surface area contributed by atoms with Crippen LogP contribution in [0.2, 0.25) is 5.15 Å². The van der Waals surface area contributed by atoms with Crippen LogP contribution in [0, 0.1) is 6.92 Å². The zero-order chi connectivity index (χ0) is 18.2. The minimum Gasteiger partial charge on any atom is -0.337 e. The Labute approximate surface area is 153 Å². The molecule has 0 spiro atoms. The Hall–Kier alpha value is -1.12. The molecule has 1 saturated carbocycles. The Balaban J connectivity index is 1.73. The van der Waals surface area contributed by atoms with E-state index in [0.717, 1.165) is 25.7 Å². The lowest BCUT2D eigenvalue weighted by Crippen LogP contribution is -2.50. The van der Waals surface area contributed by atoms with Crippen LogP contribution in [0.5, 0.6) is 0 Å². The topological polar surface area (TPSA) is 84.3 Å². The summed E-state index contributed by atoms with van der Waals surface area (Å²) in [5, 5.41) is 3.89. The minimum atomic E-state index is -3.43. The van der Waals surface area contributed by atoms with Gasteiger partial charge in [0.2, 0.25) is 10.0 Å². The van der Waals surface area contributed by atoms with Crippen molar-refractivity contribution in [1.29, 1.82) is 0 Å². The van der Waals surface area contributed by atoms with Gasteiger partial charge in [-0.2, -0.15) is 5.10 Å². The normalized spacial score (nSPS) is 22.5. The summed E-state index contributed by atoms with van der Waals surface area (Å²) in [7, 11) is -1.75. The molecule has 1 aromatic heterocycles. The van der Waals surface area contributed by atoms with Crippen molar-refractivity contribution in [2.24, 2.45) is 7.05 Å². The van der Waals surface area contributed by atoms with Crippen molar-refractivity contribution in [1.82, 2.24) is 19.4 Å². The van der Waals surface area contributed by atoms with E-state index < -0.39 is 15.3 Å². The van der Waals surface area contributed by atoms with Crippen LogP contribution in [0.4, 0.5) is 0 Å². The molecule has 1 atom stereocenters. The molecule has 1 saturated heterocycles. The molecule has 1 amide bonds. The highest BCUT2D eigenvalue weighted by molar-refractivity contribution is 7.90. The molecule has 1 unspecified atom stereocenters. The smallest absolute Gasteiger partial charge is 0.258 e. The van der Waals surface area contributed by atoms with Crippen molar-refractivity contribution in [2.75, 3.05) is 13.1 Å². The Morgan fingerprint density at radius 1 is 1.24 bits per heavy atom. The lowest BCUT2D eigenvalue weighted by molar-refractivity contribution is 0.0726. The lowest BCUT2D eigenvalue weighted by Gasteiger charge is -2.33. The first-order chi connectivity index (χ1) is 11.8. The molecule has 0 bridgehead atoms. The summed E-state index contributed by atoms with van der Waals surface area (Å²) in [6, 6.07) is 0.0473. The zero-order valence-corrected chi connectivity index (χ0v) is 16.2. The average molecular weight is 389 g/mol. The Morgan fingerprint density at radius 2 is 1.92 bits per heavy atom. The molecule has 1 aliphatic heterocycles. The number of nitrogens with one attached hydrogen (secondary N) is 1. The predicted octanol–water partition coefficient (Wildman–Crippen LogP) is 1.85. The van der Waals surface area contributed by atoms with E-state index in [9.17, 15) is 13.2 Å². The summed E-state index contributed by atoms with van der Waals surface area (Å²) in [6.45, 7) is 2.48. The van der Waals surface area contributed by atoms with Gasteiger partial charge in [0.1, 0.15) is 5.15 Å². The molecule has 1 N–H and O–H groups in total. The number of aromatic nitrogens is 2. The van der Waals surface area contributed by atoms with Gasteiger partial charge in [-0.25, -0.2) is 13.1 Å². The number of nitrogens with zero attached hydrogens (tertiary/aromatic N) is 3. The van der Waals surface area contributed by atoms with Crippen molar-refractivity contribution in [3.8, 4) is 0 Å². The van der Waals surface area contributed by atoms with Crippen molar-refractivity contribution in [2.45, 2.75) is 56.7 Å². The fraction of sp³-hybridized carbons (Fsp3) is 0.750. The molecule has 7 nitrogen and oxygen atoms in total. The monoisotopic (exact) mass is 388 g/mol. The largest absolute Gasteiger partial charge is 0.337 e. The van der Waals surface area contributed by atoms with E-state index in [1.807, 2.05) is 0 Å². The molecule has 0 aromatic carbocycles. The third-order valence-corrected chi connectivity index (χ3v) is 7.51. The van der Waals surface area contributed by atoms with Crippen LogP contribution in [0.25, 0.3) is 0 Å². The lowest BCUT2D eigenvalue weighted by atomic mass is 10.1. The second-order valence-electron chi connectivity index (χ2n) is 7.03. The quantitative estimate of drug-likeness (QED) is 0.853. The van der Waals surface area contributed by atoms with Crippen molar-refractivity contribution >= 4 is 27.5 Å². The molecule has 9 heteroatoms. The summed E-state index contributed by atoms with van der Waals surface area (Å²) >= 11 is 6.19. The van der Waals surface area contributed by atoms with E-state index in [4.69, 9.17) is 11.6 Å². The van der Waals surface area contributed by atoms with Crippen LogP contribution in [0.15, 0.2) is 0 Å². The Kier molecular flexibility index (Phi) is 5.41. The molecular weight excluding hydrogens is 364 g/mol. The third kappa shape index (κ3) is 3.85. The molecule has 0 radical (unpaired) electrons. The van der Waals surface area contributed by atoms with Gasteiger partial charge in [-0.3, -0.25) is 9.48 Å². The number of hydrogen-bond donors (Lipinski definition) is 1. The molecule has 1 aromatic rings. The minimum absolute atomic E-state index is 0.0473. The second-order valence-corrected chi connectivity index (χ2v) is 9.38. The van der Waals surface area contributed by atoms with Crippen LogP contribution < -0.4 is 4.72 Å². The molecule has 2 fully saturated rings. The maximum Gasteiger partial charge on any atom is 0.258 e. The van der Waals surface area contributed by atoms with Crippen LogP contribution in [-0.4, -0.2) is 53.4 Å². The fourth-order valence-electron chi connectivity index (χ4n) is 3.78. The van der Waals surface area contributed by atoms with Gasteiger partial charge < -0.3 is 4.90 Å². The average Bonchev–Trinajstić information content (AvgIpc) is 3.15. The molecule has 2 heterocycles. The molecule has 140 valence electrons. The predicted molar refractivity (Wildman–Crippen MR) is 96.2 cm³/mol. The number of piperidine rings is 1.